The van der Waals surface area contributed by atoms with E-state index in [1.54, 1.807) is 14.2 Å². The molecule has 0 aliphatic rings. The first-order chi connectivity index (χ1) is 16.2. The highest BCUT2D eigenvalue weighted by Crippen LogP contribution is 2.30. The Morgan fingerprint density at radius 2 is 1.79 bits per heavy atom. The van der Waals surface area contributed by atoms with Crippen LogP contribution in [0.4, 0.5) is 13.2 Å². The third-order valence-corrected chi connectivity index (χ3v) is 5.68. The number of pyridine rings is 1. The quantitative estimate of drug-likeness (QED) is 0.452. The number of nitrogens with one attached hydrogen (secondary N) is 2. The lowest BCUT2D eigenvalue weighted by Crippen LogP contribution is -2.38. The molecule has 3 aromatic rings. The number of carbonyl (C=O) groups is 1. The highest BCUT2D eigenvalue weighted by Gasteiger charge is 2.32. The van der Waals surface area contributed by atoms with Crippen molar-refractivity contribution in [2.75, 3.05) is 14.2 Å². The third-order valence-electron chi connectivity index (χ3n) is 5.68. The molecular weight excluding hydrogens is 443 g/mol. The summed E-state index contributed by atoms with van der Waals surface area (Å²) in [5, 5.41) is 6.15. The summed E-state index contributed by atoms with van der Waals surface area (Å²) in [7, 11) is 3.18. The number of likely N-dealkylation sites (N-methyl/N-ethyl adjacent to an activating group) is 1. The van der Waals surface area contributed by atoms with E-state index in [2.05, 4.69) is 15.6 Å². The van der Waals surface area contributed by atoms with Crippen LogP contribution >= 0.6 is 0 Å². The van der Waals surface area contributed by atoms with E-state index >= 15 is 0 Å². The van der Waals surface area contributed by atoms with Crippen molar-refractivity contribution in [3.8, 4) is 5.75 Å². The van der Waals surface area contributed by atoms with E-state index in [9.17, 15) is 18.0 Å². The number of nitrogens with zero attached hydrogens (tertiary/aromatic N) is 1. The molecule has 3 rings (SSSR count). The molecule has 0 saturated heterocycles. The van der Waals surface area contributed by atoms with Crippen molar-refractivity contribution >= 4 is 5.91 Å². The van der Waals surface area contributed by atoms with Crippen LogP contribution in [0.5, 0.6) is 5.75 Å². The maximum atomic E-state index is 12.9. The topological polar surface area (TPSA) is 63.2 Å². The van der Waals surface area contributed by atoms with Crippen LogP contribution < -0.4 is 15.4 Å². The first kappa shape index (κ1) is 25.2. The molecule has 0 bridgehead atoms. The van der Waals surface area contributed by atoms with Gasteiger partial charge in [0.05, 0.1) is 7.11 Å². The van der Waals surface area contributed by atoms with Crippen LogP contribution in [0, 0.1) is 6.92 Å². The summed E-state index contributed by atoms with van der Waals surface area (Å²) in [6, 6.07) is 16.7. The van der Waals surface area contributed by atoms with Gasteiger partial charge in [-0.3, -0.25) is 15.1 Å². The molecule has 1 aromatic heterocycles. The van der Waals surface area contributed by atoms with Crippen molar-refractivity contribution in [1.82, 2.24) is 15.6 Å². The van der Waals surface area contributed by atoms with Crippen LogP contribution in [0.2, 0.25) is 0 Å². The molecule has 0 aliphatic carbocycles. The Morgan fingerprint density at radius 1 is 1.06 bits per heavy atom. The van der Waals surface area contributed by atoms with Gasteiger partial charge in [-0.15, -0.1) is 0 Å². The van der Waals surface area contributed by atoms with Gasteiger partial charge >= 0.3 is 6.18 Å². The van der Waals surface area contributed by atoms with Gasteiger partial charge in [0.1, 0.15) is 17.5 Å². The second-order valence-electron chi connectivity index (χ2n) is 7.99. The molecule has 0 saturated carbocycles. The van der Waals surface area contributed by atoms with Gasteiger partial charge in [0, 0.05) is 19.3 Å². The van der Waals surface area contributed by atoms with Crippen LogP contribution in [0.15, 0.2) is 66.9 Å². The Bertz CT molecular complexity index is 1090. The number of ether oxygens (including phenoxy) is 1. The van der Waals surface area contributed by atoms with Gasteiger partial charge in [0.25, 0.3) is 0 Å². The monoisotopic (exact) mass is 471 g/mol. The van der Waals surface area contributed by atoms with Crippen LogP contribution in [0.1, 0.15) is 46.5 Å². The fourth-order valence-corrected chi connectivity index (χ4v) is 3.76. The number of benzene rings is 2. The Labute approximate surface area is 197 Å². The van der Waals surface area contributed by atoms with E-state index in [1.165, 1.54) is 12.3 Å². The van der Waals surface area contributed by atoms with E-state index in [-0.39, 0.29) is 11.9 Å². The average molecular weight is 472 g/mol. The minimum atomic E-state index is -4.47. The SMILES string of the molecule is CNC(=O)C(N[C@@H](CCc1ccc(C(F)(F)F)nc1)c1ccc(C)c(OC)c1)c1ccccc1. The van der Waals surface area contributed by atoms with Crippen LogP contribution in [0.25, 0.3) is 0 Å². The van der Waals surface area contributed by atoms with Gasteiger partial charge in [0.15, 0.2) is 0 Å². The van der Waals surface area contributed by atoms with E-state index in [0.29, 0.717) is 18.4 Å². The highest BCUT2D eigenvalue weighted by molar-refractivity contribution is 5.83. The zero-order valence-electron chi connectivity index (χ0n) is 19.3. The Kier molecular flexibility index (Phi) is 8.28. The molecular formula is C26H28F3N3O2. The molecule has 5 nitrogen and oxygen atoms in total. The predicted molar refractivity (Wildman–Crippen MR) is 124 cm³/mol. The molecule has 0 radical (unpaired) electrons. The molecule has 1 amide bonds. The summed E-state index contributed by atoms with van der Waals surface area (Å²) in [4.78, 5) is 16.3. The smallest absolute Gasteiger partial charge is 0.433 e. The number of hydrogen-bond donors (Lipinski definition) is 2. The summed E-state index contributed by atoms with van der Waals surface area (Å²) in [6.07, 6.45) is -2.23. The number of methoxy groups -OCH3 is 1. The van der Waals surface area contributed by atoms with Crippen LogP contribution in [0.3, 0.4) is 0 Å². The summed E-state index contributed by atoms with van der Waals surface area (Å²) in [6.45, 7) is 1.94. The maximum Gasteiger partial charge on any atom is 0.433 e. The van der Waals surface area contributed by atoms with Crippen molar-refractivity contribution in [1.29, 1.82) is 0 Å². The maximum absolute atomic E-state index is 12.9. The summed E-state index contributed by atoms with van der Waals surface area (Å²) >= 11 is 0. The average Bonchev–Trinajstić information content (AvgIpc) is 2.84. The molecule has 2 atom stereocenters. The third kappa shape index (κ3) is 6.35. The van der Waals surface area contributed by atoms with Gasteiger partial charge in [-0.25, -0.2) is 0 Å². The van der Waals surface area contributed by atoms with E-state index in [4.69, 9.17) is 4.74 Å². The number of carbonyl (C=O) groups excluding carboxylic acids is 1. The fraction of sp³-hybridized carbons (Fsp3) is 0.308. The van der Waals surface area contributed by atoms with Crippen LogP contribution in [-0.4, -0.2) is 25.0 Å². The highest BCUT2D eigenvalue weighted by atomic mass is 19.4. The minimum Gasteiger partial charge on any atom is -0.496 e. The van der Waals surface area contributed by atoms with Gasteiger partial charge in [-0.2, -0.15) is 13.2 Å². The predicted octanol–water partition coefficient (Wildman–Crippen LogP) is 5.17. The molecule has 2 aromatic carbocycles. The molecule has 180 valence electrons. The first-order valence-corrected chi connectivity index (χ1v) is 10.9. The Balaban J connectivity index is 1.89. The number of aryl methyl sites for hydroxylation is 2. The van der Waals surface area contributed by atoms with E-state index < -0.39 is 17.9 Å². The Morgan fingerprint density at radius 3 is 2.38 bits per heavy atom. The first-order valence-electron chi connectivity index (χ1n) is 10.9. The molecule has 34 heavy (non-hydrogen) atoms. The Hall–Kier alpha value is -3.39. The minimum absolute atomic E-state index is 0.188. The molecule has 0 aliphatic heterocycles. The second-order valence-corrected chi connectivity index (χ2v) is 7.99. The van der Waals surface area contributed by atoms with Crippen molar-refractivity contribution < 1.29 is 22.7 Å². The summed E-state index contributed by atoms with van der Waals surface area (Å²) < 4.78 is 44.0. The zero-order chi connectivity index (χ0) is 24.7. The standard InChI is InChI=1S/C26H28F3N3O2/c1-17-9-12-20(15-22(17)34-3)21(13-10-18-11-14-23(31-16-18)26(27,28)29)32-24(25(33)30-2)19-7-5-4-6-8-19/h4-9,11-12,14-16,21,24,32H,10,13H2,1-3H3,(H,30,33)/t21-,24?/m0/s1. The fourth-order valence-electron chi connectivity index (χ4n) is 3.76. The number of alkyl halides is 3. The van der Waals surface area contributed by atoms with Gasteiger partial charge in [0.2, 0.25) is 5.91 Å². The van der Waals surface area contributed by atoms with E-state index in [1.807, 2.05) is 55.5 Å². The molecule has 0 spiro atoms. The van der Waals surface area contributed by atoms with Crippen molar-refractivity contribution in [3.63, 3.8) is 0 Å². The van der Waals surface area contributed by atoms with Crippen molar-refractivity contribution in [2.24, 2.45) is 0 Å². The van der Waals surface area contributed by atoms with Gasteiger partial charge in [-0.1, -0.05) is 48.5 Å². The summed E-state index contributed by atoms with van der Waals surface area (Å²) in [5.74, 6) is 0.531. The molecule has 8 heteroatoms. The number of hydrogen-bond acceptors (Lipinski definition) is 4. The lowest BCUT2D eigenvalue weighted by Gasteiger charge is -2.26. The number of aromatic nitrogens is 1. The lowest BCUT2D eigenvalue weighted by molar-refractivity contribution is -0.141. The normalized spacial score (nSPS) is 13.2. The number of halogens is 3. The summed E-state index contributed by atoms with van der Waals surface area (Å²) in [5.41, 5.74) is 2.45. The molecule has 1 heterocycles. The van der Waals surface area contributed by atoms with Gasteiger partial charge in [-0.05, 0) is 54.2 Å². The lowest BCUT2D eigenvalue weighted by atomic mass is 9.95. The van der Waals surface area contributed by atoms with Gasteiger partial charge < -0.3 is 10.1 Å². The van der Waals surface area contributed by atoms with E-state index in [0.717, 1.165) is 28.5 Å². The van der Waals surface area contributed by atoms with Crippen LogP contribution in [-0.2, 0) is 17.4 Å². The van der Waals surface area contributed by atoms with Crippen molar-refractivity contribution in [3.05, 3.63) is 94.8 Å². The largest absolute Gasteiger partial charge is 0.496 e. The number of amides is 1. The molecule has 2 N–H and O–H groups in total. The van der Waals surface area contributed by atoms with Crippen molar-refractivity contribution in [2.45, 2.75) is 38.0 Å². The molecule has 1 unspecified atom stereocenters. The zero-order valence-corrected chi connectivity index (χ0v) is 19.3. The second kappa shape index (κ2) is 11.2. The number of rotatable bonds is 9. The molecule has 0 fully saturated rings.